The summed E-state index contributed by atoms with van der Waals surface area (Å²) in [6.07, 6.45) is 2.60. The average molecular weight is 304 g/mol. The van der Waals surface area contributed by atoms with Gasteiger partial charge in [-0.3, -0.25) is 4.68 Å². The summed E-state index contributed by atoms with van der Waals surface area (Å²) in [4.78, 5) is 0. The van der Waals surface area contributed by atoms with Crippen molar-refractivity contribution in [1.82, 2.24) is 15.1 Å². The number of hydrogen-bond acceptors (Lipinski definition) is 2. The fourth-order valence-corrected chi connectivity index (χ4v) is 3.04. The van der Waals surface area contributed by atoms with E-state index < -0.39 is 0 Å². The standard InChI is InChI=1S/C17H22ClN3/c1-4-21-12(3)17(11(2)20-21)16-9-14(18)6-5-13(16)10-19-15-7-8-15/h5-6,9,15,19H,4,7-8,10H2,1-3H3. The first-order valence-electron chi connectivity index (χ1n) is 7.66. The molecule has 0 unspecified atom stereocenters. The molecular formula is C17H22ClN3. The first-order chi connectivity index (χ1) is 10.1. The summed E-state index contributed by atoms with van der Waals surface area (Å²) in [5.41, 5.74) is 6.03. The summed E-state index contributed by atoms with van der Waals surface area (Å²) in [7, 11) is 0. The van der Waals surface area contributed by atoms with Crippen molar-refractivity contribution in [1.29, 1.82) is 0 Å². The van der Waals surface area contributed by atoms with E-state index in [0.717, 1.165) is 23.8 Å². The topological polar surface area (TPSA) is 29.9 Å². The van der Waals surface area contributed by atoms with Crippen LogP contribution in [-0.4, -0.2) is 15.8 Å². The molecule has 2 aromatic rings. The molecule has 0 radical (unpaired) electrons. The minimum Gasteiger partial charge on any atom is -0.310 e. The summed E-state index contributed by atoms with van der Waals surface area (Å²) in [5.74, 6) is 0. The third-order valence-corrected chi connectivity index (χ3v) is 4.42. The molecule has 0 spiro atoms. The van der Waals surface area contributed by atoms with Gasteiger partial charge in [0, 0.05) is 35.4 Å². The molecule has 21 heavy (non-hydrogen) atoms. The summed E-state index contributed by atoms with van der Waals surface area (Å²) in [6.45, 7) is 8.12. The molecular weight excluding hydrogens is 282 g/mol. The first-order valence-corrected chi connectivity index (χ1v) is 8.04. The molecule has 1 aliphatic carbocycles. The monoisotopic (exact) mass is 303 g/mol. The fourth-order valence-electron chi connectivity index (χ4n) is 2.87. The van der Waals surface area contributed by atoms with Crippen molar-refractivity contribution >= 4 is 11.6 Å². The molecule has 0 bridgehead atoms. The molecule has 3 nitrogen and oxygen atoms in total. The number of halogens is 1. The molecule has 0 aliphatic heterocycles. The van der Waals surface area contributed by atoms with Crippen molar-refractivity contribution in [3.05, 3.63) is 40.2 Å². The largest absolute Gasteiger partial charge is 0.310 e. The maximum absolute atomic E-state index is 6.24. The number of rotatable bonds is 5. The van der Waals surface area contributed by atoms with E-state index in [-0.39, 0.29) is 0 Å². The van der Waals surface area contributed by atoms with Crippen LogP contribution in [-0.2, 0) is 13.1 Å². The Bertz CT molecular complexity index is 656. The lowest BCUT2D eigenvalue weighted by molar-refractivity contribution is 0.634. The lowest BCUT2D eigenvalue weighted by Crippen LogP contribution is -2.16. The predicted octanol–water partition coefficient (Wildman–Crippen LogP) is 4.09. The zero-order valence-electron chi connectivity index (χ0n) is 12.9. The van der Waals surface area contributed by atoms with E-state index >= 15 is 0 Å². The SMILES string of the molecule is CCn1nc(C)c(-c2cc(Cl)ccc2CNC2CC2)c1C. The fraction of sp³-hybridized carbons (Fsp3) is 0.471. The highest BCUT2D eigenvalue weighted by molar-refractivity contribution is 6.30. The molecule has 0 saturated heterocycles. The van der Waals surface area contributed by atoms with E-state index in [9.17, 15) is 0 Å². The summed E-state index contributed by atoms with van der Waals surface area (Å²) in [5, 5.41) is 9.01. The van der Waals surface area contributed by atoms with Gasteiger partial charge in [0.1, 0.15) is 0 Å². The average Bonchev–Trinajstić information content (AvgIpc) is 3.23. The summed E-state index contributed by atoms with van der Waals surface area (Å²) < 4.78 is 2.06. The number of nitrogens with one attached hydrogen (secondary N) is 1. The Morgan fingerprint density at radius 1 is 1.33 bits per heavy atom. The Kier molecular flexibility index (Phi) is 4.05. The molecule has 1 heterocycles. The van der Waals surface area contributed by atoms with Crippen LogP contribution in [0.15, 0.2) is 18.2 Å². The second-order valence-electron chi connectivity index (χ2n) is 5.82. The molecule has 0 amide bonds. The summed E-state index contributed by atoms with van der Waals surface area (Å²) in [6, 6.07) is 6.88. The number of hydrogen-bond donors (Lipinski definition) is 1. The van der Waals surface area contributed by atoms with Gasteiger partial charge in [-0.05, 0) is 56.9 Å². The Morgan fingerprint density at radius 2 is 2.10 bits per heavy atom. The predicted molar refractivity (Wildman–Crippen MR) is 87.7 cm³/mol. The van der Waals surface area contributed by atoms with Crippen LogP contribution < -0.4 is 5.32 Å². The number of aromatic nitrogens is 2. The van der Waals surface area contributed by atoms with E-state index in [2.05, 4.69) is 48.0 Å². The van der Waals surface area contributed by atoms with E-state index in [1.165, 1.54) is 35.2 Å². The van der Waals surface area contributed by atoms with E-state index in [0.29, 0.717) is 6.04 Å². The van der Waals surface area contributed by atoms with Gasteiger partial charge in [-0.15, -0.1) is 0 Å². The van der Waals surface area contributed by atoms with E-state index in [1.807, 2.05) is 6.07 Å². The minimum atomic E-state index is 0.703. The van der Waals surface area contributed by atoms with Crippen molar-refractivity contribution in [3.63, 3.8) is 0 Å². The van der Waals surface area contributed by atoms with Gasteiger partial charge in [0.05, 0.1) is 5.69 Å². The van der Waals surface area contributed by atoms with E-state index in [1.54, 1.807) is 0 Å². The second-order valence-corrected chi connectivity index (χ2v) is 6.25. The highest BCUT2D eigenvalue weighted by atomic mass is 35.5. The van der Waals surface area contributed by atoms with Crippen molar-refractivity contribution in [2.45, 2.75) is 52.7 Å². The maximum atomic E-state index is 6.24. The molecule has 0 atom stereocenters. The van der Waals surface area contributed by atoms with Gasteiger partial charge in [-0.25, -0.2) is 0 Å². The number of nitrogens with zero attached hydrogens (tertiary/aromatic N) is 2. The normalized spacial score (nSPS) is 14.7. The number of aryl methyl sites for hydroxylation is 2. The van der Waals surface area contributed by atoms with Crippen LogP contribution in [0.3, 0.4) is 0 Å². The molecule has 3 rings (SSSR count). The lowest BCUT2D eigenvalue weighted by atomic mass is 9.98. The van der Waals surface area contributed by atoms with Crippen LogP contribution in [0.4, 0.5) is 0 Å². The smallest absolute Gasteiger partial charge is 0.0675 e. The molecule has 1 aliphatic rings. The zero-order chi connectivity index (χ0) is 15.0. The molecule has 1 fully saturated rings. The van der Waals surface area contributed by atoms with Crippen molar-refractivity contribution in [2.75, 3.05) is 0 Å². The molecule has 1 saturated carbocycles. The molecule has 1 aromatic carbocycles. The van der Waals surface area contributed by atoms with Crippen LogP contribution in [0.25, 0.3) is 11.1 Å². The third kappa shape index (κ3) is 2.99. The van der Waals surface area contributed by atoms with Gasteiger partial charge < -0.3 is 5.32 Å². The highest BCUT2D eigenvalue weighted by Crippen LogP contribution is 2.32. The molecule has 4 heteroatoms. The zero-order valence-corrected chi connectivity index (χ0v) is 13.7. The van der Waals surface area contributed by atoms with Crippen LogP contribution in [0.1, 0.15) is 36.7 Å². The Labute approximate surface area is 131 Å². The minimum absolute atomic E-state index is 0.703. The van der Waals surface area contributed by atoms with Crippen LogP contribution >= 0.6 is 11.6 Å². The Balaban J connectivity index is 2.03. The number of benzene rings is 1. The van der Waals surface area contributed by atoms with Gasteiger partial charge in [0.15, 0.2) is 0 Å². The Morgan fingerprint density at radius 3 is 2.71 bits per heavy atom. The molecule has 1 aromatic heterocycles. The van der Waals surface area contributed by atoms with Gasteiger partial charge in [0.2, 0.25) is 0 Å². The summed E-state index contributed by atoms with van der Waals surface area (Å²) >= 11 is 6.24. The van der Waals surface area contributed by atoms with Crippen molar-refractivity contribution in [2.24, 2.45) is 0 Å². The maximum Gasteiger partial charge on any atom is 0.0675 e. The van der Waals surface area contributed by atoms with Gasteiger partial charge >= 0.3 is 0 Å². The van der Waals surface area contributed by atoms with E-state index in [4.69, 9.17) is 11.6 Å². The van der Waals surface area contributed by atoms with Gasteiger partial charge in [-0.1, -0.05) is 17.7 Å². The van der Waals surface area contributed by atoms with Crippen molar-refractivity contribution in [3.8, 4) is 11.1 Å². The quantitative estimate of drug-likeness (QED) is 0.901. The third-order valence-electron chi connectivity index (χ3n) is 4.18. The van der Waals surface area contributed by atoms with Crippen LogP contribution in [0, 0.1) is 13.8 Å². The Hall–Kier alpha value is -1.32. The van der Waals surface area contributed by atoms with Crippen LogP contribution in [0.5, 0.6) is 0 Å². The highest BCUT2D eigenvalue weighted by Gasteiger charge is 2.21. The lowest BCUT2D eigenvalue weighted by Gasteiger charge is -2.12. The molecule has 112 valence electrons. The van der Waals surface area contributed by atoms with Crippen LogP contribution in [0.2, 0.25) is 5.02 Å². The van der Waals surface area contributed by atoms with Crippen molar-refractivity contribution < 1.29 is 0 Å². The first kappa shape index (κ1) is 14.6. The second kappa shape index (κ2) is 5.82. The molecule has 1 N–H and O–H groups in total. The van der Waals surface area contributed by atoms with Gasteiger partial charge in [0.25, 0.3) is 0 Å². The van der Waals surface area contributed by atoms with Gasteiger partial charge in [-0.2, -0.15) is 5.10 Å².